The fraction of sp³-hybridized carbons (Fsp3) is 0.444. The zero-order valence-electron chi connectivity index (χ0n) is 15.3. The fourth-order valence-electron chi connectivity index (χ4n) is 3.29. The van der Waals surface area contributed by atoms with Gasteiger partial charge >= 0.3 is 0 Å². The standard InChI is InChI=1S/C18H23FN4O3S/c1-12-8-13(16-10-23(2)11-20-16)9-15(17(12)19)18(24)21-22-27(25,26)14-6-4-3-5-7-14/h8-11,14,22H,3-7H2,1-2H3,(H,21,24). The van der Waals surface area contributed by atoms with Gasteiger partial charge in [0.05, 0.1) is 22.8 Å². The van der Waals surface area contributed by atoms with Gasteiger partial charge in [0.1, 0.15) is 5.82 Å². The number of benzene rings is 1. The Morgan fingerprint density at radius 3 is 2.59 bits per heavy atom. The van der Waals surface area contributed by atoms with Crippen molar-refractivity contribution in [3.8, 4) is 11.3 Å². The minimum Gasteiger partial charge on any atom is -0.340 e. The lowest BCUT2D eigenvalue weighted by molar-refractivity contribution is 0.0940. The van der Waals surface area contributed by atoms with Crippen molar-refractivity contribution in [2.24, 2.45) is 7.05 Å². The molecule has 27 heavy (non-hydrogen) atoms. The van der Waals surface area contributed by atoms with E-state index < -0.39 is 27.0 Å². The first-order chi connectivity index (χ1) is 12.8. The van der Waals surface area contributed by atoms with Crippen LogP contribution in [0.2, 0.25) is 0 Å². The number of rotatable bonds is 5. The van der Waals surface area contributed by atoms with Crippen LogP contribution in [0.5, 0.6) is 0 Å². The monoisotopic (exact) mass is 394 g/mol. The molecule has 1 aromatic carbocycles. The van der Waals surface area contributed by atoms with Crippen LogP contribution in [-0.2, 0) is 17.1 Å². The molecule has 146 valence electrons. The van der Waals surface area contributed by atoms with Crippen LogP contribution in [0.1, 0.15) is 48.0 Å². The summed E-state index contributed by atoms with van der Waals surface area (Å²) < 4.78 is 40.9. The molecule has 0 bridgehead atoms. The molecular formula is C18H23FN4O3S. The first kappa shape index (κ1) is 19.5. The van der Waals surface area contributed by atoms with Gasteiger partial charge in [0.25, 0.3) is 5.91 Å². The Morgan fingerprint density at radius 1 is 1.26 bits per heavy atom. The molecule has 1 amide bonds. The number of carbonyl (C=O) groups excluding carboxylic acids is 1. The Labute approximate surface area is 158 Å². The minimum atomic E-state index is -3.69. The zero-order valence-corrected chi connectivity index (χ0v) is 16.1. The fourth-order valence-corrected chi connectivity index (χ4v) is 4.64. The van der Waals surface area contributed by atoms with Crippen LogP contribution >= 0.6 is 0 Å². The molecule has 0 saturated heterocycles. The second-order valence-electron chi connectivity index (χ2n) is 6.94. The predicted molar refractivity (Wildman–Crippen MR) is 99.7 cm³/mol. The Bertz CT molecular complexity index is 950. The van der Waals surface area contributed by atoms with E-state index in [-0.39, 0.29) is 11.1 Å². The molecule has 2 N–H and O–H groups in total. The molecule has 1 fully saturated rings. The molecular weight excluding hydrogens is 371 g/mol. The summed E-state index contributed by atoms with van der Waals surface area (Å²) in [6, 6.07) is 2.97. The van der Waals surface area contributed by atoms with Crippen molar-refractivity contribution < 1.29 is 17.6 Å². The van der Waals surface area contributed by atoms with Gasteiger partial charge in [-0.15, -0.1) is 4.83 Å². The second kappa shape index (κ2) is 7.77. The van der Waals surface area contributed by atoms with Crippen LogP contribution in [0.25, 0.3) is 11.3 Å². The van der Waals surface area contributed by atoms with Crippen LogP contribution in [0.3, 0.4) is 0 Å². The number of aromatic nitrogens is 2. The number of aryl methyl sites for hydroxylation is 2. The molecule has 1 heterocycles. The highest BCUT2D eigenvalue weighted by atomic mass is 32.2. The quantitative estimate of drug-likeness (QED) is 0.762. The number of nitrogens with one attached hydrogen (secondary N) is 2. The van der Waals surface area contributed by atoms with E-state index in [1.54, 1.807) is 37.1 Å². The van der Waals surface area contributed by atoms with E-state index in [0.717, 1.165) is 19.3 Å². The third-order valence-electron chi connectivity index (χ3n) is 4.80. The number of hydrazine groups is 1. The smallest absolute Gasteiger partial charge is 0.269 e. The molecule has 1 aromatic heterocycles. The average molecular weight is 394 g/mol. The number of halogens is 1. The van der Waals surface area contributed by atoms with E-state index in [2.05, 4.69) is 15.2 Å². The SMILES string of the molecule is Cc1cc(-c2cn(C)cn2)cc(C(=O)NNS(=O)(=O)C2CCCCC2)c1F. The van der Waals surface area contributed by atoms with Crippen LogP contribution in [-0.4, -0.2) is 29.1 Å². The summed E-state index contributed by atoms with van der Waals surface area (Å²) in [7, 11) is -1.88. The minimum absolute atomic E-state index is 0.234. The van der Waals surface area contributed by atoms with Crippen LogP contribution in [0, 0.1) is 12.7 Å². The summed E-state index contributed by atoms with van der Waals surface area (Å²) in [5.74, 6) is -1.53. The third-order valence-corrected chi connectivity index (χ3v) is 6.53. The highest BCUT2D eigenvalue weighted by molar-refractivity contribution is 7.90. The molecule has 7 nitrogen and oxygen atoms in total. The molecule has 0 spiro atoms. The lowest BCUT2D eigenvalue weighted by atomic mass is 10.0. The Morgan fingerprint density at radius 2 is 1.96 bits per heavy atom. The van der Waals surface area contributed by atoms with E-state index in [1.807, 2.05) is 0 Å². The lowest BCUT2D eigenvalue weighted by Crippen LogP contribution is -2.46. The van der Waals surface area contributed by atoms with Gasteiger partial charge < -0.3 is 4.57 Å². The summed E-state index contributed by atoms with van der Waals surface area (Å²) in [5, 5.41) is -0.530. The van der Waals surface area contributed by atoms with Gasteiger partial charge in [-0.25, -0.2) is 17.8 Å². The number of hydrogen-bond donors (Lipinski definition) is 2. The average Bonchev–Trinajstić information content (AvgIpc) is 3.09. The number of nitrogens with zero attached hydrogens (tertiary/aromatic N) is 2. The van der Waals surface area contributed by atoms with Crippen molar-refractivity contribution >= 4 is 15.9 Å². The van der Waals surface area contributed by atoms with Gasteiger partial charge in [-0.2, -0.15) is 0 Å². The molecule has 1 saturated carbocycles. The number of sulfonamides is 1. The van der Waals surface area contributed by atoms with E-state index in [4.69, 9.17) is 0 Å². The number of imidazole rings is 1. The molecule has 1 aliphatic rings. The molecule has 3 rings (SSSR count). The summed E-state index contributed by atoms with van der Waals surface area (Å²) in [4.78, 5) is 18.8. The Balaban J connectivity index is 1.79. The largest absolute Gasteiger partial charge is 0.340 e. The van der Waals surface area contributed by atoms with E-state index >= 15 is 0 Å². The van der Waals surface area contributed by atoms with Gasteiger partial charge in [0.2, 0.25) is 10.0 Å². The van der Waals surface area contributed by atoms with Crippen LogP contribution in [0.4, 0.5) is 4.39 Å². The maximum Gasteiger partial charge on any atom is 0.269 e. The first-order valence-corrected chi connectivity index (χ1v) is 10.4. The van der Waals surface area contributed by atoms with Gasteiger partial charge in [-0.3, -0.25) is 10.2 Å². The van der Waals surface area contributed by atoms with Gasteiger partial charge in [-0.05, 0) is 37.5 Å². The van der Waals surface area contributed by atoms with Gasteiger partial charge in [-0.1, -0.05) is 19.3 Å². The molecule has 0 atom stereocenters. The molecule has 2 aromatic rings. The Kier molecular flexibility index (Phi) is 5.61. The normalized spacial score (nSPS) is 15.7. The number of hydrogen-bond acceptors (Lipinski definition) is 4. The maximum absolute atomic E-state index is 14.5. The zero-order chi connectivity index (χ0) is 19.6. The van der Waals surface area contributed by atoms with E-state index in [9.17, 15) is 17.6 Å². The van der Waals surface area contributed by atoms with Crippen molar-refractivity contribution in [1.29, 1.82) is 0 Å². The van der Waals surface area contributed by atoms with E-state index in [0.29, 0.717) is 24.1 Å². The molecule has 0 radical (unpaired) electrons. The van der Waals surface area contributed by atoms with Crippen molar-refractivity contribution in [2.75, 3.05) is 0 Å². The summed E-state index contributed by atoms with van der Waals surface area (Å²) in [5.41, 5.74) is 3.36. The van der Waals surface area contributed by atoms with Gasteiger partial charge in [0.15, 0.2) is 0 Å². The second-order valence-corrected chi connectivity index (χ2v) is 8.90. The predicted octanol–water partition coefficient (Wildman–Crippen LogP) is 2.43. The highest BCUT2D eigenvalue weighted by Gasteiger charge is 2.28. The number of amides is 1. The van der Waals surface area contributed by atoms with Crippen molar-refractivity contribution in [3.05, 3.63) is 41.6 Å². The molecule has 0 unspecified atom stereocenters. The van der Waals surface area contributed by atoms with Crippen molar-refractivity contribution in [1.82, 2.24) is 19.8 Å². The lowest BCUT2D eigenvalue weighted by Gasteiger charge is -2.22. The summed E-state index contributed by atoms with van der Waals surface area (Å²) >= 11 is 0. The summed E-state index contributed by atoms with van der Waals surface area (Å²) in [6.07, 6.45) is 7.19. The van der Waals surface area contributed by atoms with Crippen molar-refractivity contribution in [2.45, 2.75) is 44.3 Å². The molecule has 0 aliphatic heterocycles. The van der Waals surface area contributed by atoms with Crippen LogP contribution in [0.15, 0.2) is 24.7 Å². The molecule has 9 heteroatoms. The van der Waals surface area contributed by atoms with Crippen molar-refractivity contribution in [3.63, 3.8) is 0 Å². The number of carbonyl (C=O) groups is 1. The maximum atomic E-state index is 14.5. The van der Waals surface area contributed by atoms with Crippen LogP contribution < -0.4 is 10.3 Å². The van der Waals surface area contributed by atoms with Gasteiger partial charge in [0, 0.05) is 18.8 Å². The highest BCUT2D eigenvalue weighted by Crippen LogP contribution is 2.24. The first-order valence-electron chi connectivity index (χ1n) is 8.87. The molecule has 1 aliphatic carbocycles. The van der Waals surface area contributed by atoms with E-state index in [1.165, 1.54) is 6.07 Å². The summed E-state index contributed by atoms with van der Waals surface area (Å²) in [6.45, 7) is 1.55. The topological polar surface area (TPSA) is 93.1 Å². The Hall–Kier alpha value is -2.26. The third kappa shape index (κ3) is 4.36.